The summed E-state index contributed by atoms with van der Waals surface area (Å²) in [5.41, 5.74) is 1.49. The van der Waals surface area contributed by atoms with Gasteiger partial charge < -0.3 is 9.64 Å². The number of ether oxygens (including phenoxy) is 1. The second-order valence-corrected chi connectivity index (χ2v) is 6.24. The number of amides is 1. The number of nitrogens with zero attached hydrogens (tertiary/aromatic N) is 3. The summed E-state index contributed by atoms with van der Waals surface area (Å²) in [5.74, 6) is 0.741. The molecule has 0 unspecified atom stereocenters. The molecule has 1 aromatic heterocycles. The van der Waals surface area contributed by atoms with Crippen molar-refractivity contribution in [2.75, 3.05) is 13.1 Å². The van der Waals surface area contributed by atoms with Crippen molar-refractivity contribution in [1.29, 1.82) is 0 Å². The van der Waals surface area contributed by atoms with Crippen molar-refractivity contribution in [2.45, 2.75) is 25.9 Å². The van der Waals surface area contributed by atoms with Gasteiger partial charge in [0.05, 0.1) is 10.7 Å². The second-order valence-electron chi connectivity index (χ2n) is 5.83. The van der Waals surface area contributed by atoms with Crippen molar-refractivity contribution in [3.63, 3.8) is 0 Å². The average Bonchev–Trinajstić information content (AvgIpc) is 2.88. The summed E-state index contributed by atoms with van der Waals surface area (Å²) in [6.07, 6.45) is 1.69. The van der Waals surface area contributed by atoms with Crippen LogP contribution in [0.3, 0.4) is 0 Å². The lowest BCUT2D eigenvalue weighted by molar-refractivity contribution is 0.0585. The van der Waals surface area contributed by atoms with Crippen molar-refractivity contribution >= 4 is 17.5 Å². The van der Waals surface area contributed by atoms with Crippen molar-refractivity contribution in [3.05, 3.63) is 46.7 Å². The Kier molecular flexibility index (Phi) is 4.57. The molecule has 122 valence electrons. The fourth-order valence-corrected chi connectivity index (χ4v) is 3.05. The topological polar surface area (TPSA) is 47.4 Å². The van der Waals surface area contributed by atoms with E-state index < -0.39 is 0 Å². The monoisotopic (exact) mass is 333 g/mol. The Bertz CT molecular complexity index is 706. The predicted octanol–water partition coefficient (Wildman–Crippen LogP) is 3.07. The summed E-state index contributed by atoms with van der Waals surface area (Å²) in [7, 11) is 1.80. The predicted molar refractivity (Wildman–Crippen MR) is 89.0 cm³/mol. The van der Waals surface area contributed by atoms with Crippen LogP contribution in [0.15, 0.2) is 30.3 Å². The lowest BCUT2D eigenvalue weighted by Gasteiger charge is -2.32. The third kappa shape index (κ3) is 3.50. The number of likely N-dealkylation sites (tertiary alicyclic amines) is 1. The molecule has 0 spiro atoms. The van der Waals surface area contributed by atoms with Crippen LogP contribution in [0.4, 0.5) is 0 Å². The SMILES string of the molecule is Cc1cc(C(=O)N2CCC(Oc3ccccc3Cl)CC2)n(C)n1. The van der Waals surface area contributed by atoms with Crippen LogP contribution in [-0.4, -0.2) is 39.8 Å². The van der Waals surface area contributed by atoms with Crippen LogP contribution in [-0.2, 0) is 7.05 Å². The third-order valence-electron chi connectivity index (χ3n) is 4.08. The maximum Gasteiger partial charge on any atom is 0.272 e. The normalized spacial score (nSPS) is 15.7. The first-order valence-corrected chi connectivity index (χ1v) is 8.13. The number of piperidine rings is 1. The number of para-hydroxylation sites is 1. The first kappa shape index (κ1) is 15.9. The van der Waals surface area contributed by atoms with Crippen molar-refractivity contribution in [2.24, 2.45) is 7.05 Å². The van der Waals surface area contributed by atoms with E-state index in [1.165, 1.54) is 0 Å². The van der Waals surface area contributed by atoms with E-state index in [0.717, 1.165) is 18.5 Å². The van der Waals surface area contributed by atoms with Crippen molar-refractivity contribution < 1.29 is 9.53 Å². The Morgan fingerprint density at radius 2 is 2.00 bits per heavy atom. The number of rotatable bonds is 3. The molecule has 1 fully saturated rings. The van der Waals surface area contributed by atoms with E-state index in [-0.39, 0.29) is 12.0 Å². The van der Waals surface area contributed by atoms with Gasteiger partial charge in [-0.25, -0.2) is 0 Å². The van der Waals surface area contributed by atoms with Gasteiger partial charge in [0.1, 0.15) is 17.5 Å². The lowest BCUT2D eigenvalue weighted by atomic mass is 10.1. The van der Waals surface area contributed by atoms with E-state index in [9.17, 15) is 4.79 Å². The van der Waals surface area contributed by atoms with Crippen molar-refractivity contribution in [3.8, 4) is 5.75 Å². The Morgan fingerprint density at radius 1 is 1.30 bits per heavy atom. The number of hydrogen-bond acceptors (Lipinski definition) is 3. The Labute approximate surface area is 140 Å². The molecule has 0 atom stereocenters. The van der Waals surface area contributed by atoms with E-state index in [1.807, 2.05) is 42.2 Å². The number of hydrogen-bond donors (Lipinski definition) is 0. The molecule has 1 aliphatic heterocycles. The molecule has 3 rings (SSSR count). The van der Waals surface area contributed by atoms with Gasteiger partial charge in [0, 0.05) is 33.0 Å². The van der Waals surface area contributed by atoms with E-state index in [1.54, 1.807) is 11.7 Å². The molecular formula is C17H20ClN3O2. The summed E-state index contributed by atoms with van der Waals surface area (Å²) in [4.78, 5) is 14.4. The standard InChI is InChI=1S/C17H20ClN3O2/c1-12-11-15(20(2)19-12)17(22)21-9-7-13(8-10-21)23-16-6-4-3-5-14(16)18/h3-6,11,13H,7-10H2,1-2H3. The number of halogens is 1. The van der Waals surface area contributed by atoms with Gasteiger partial charge in [0.25, 0.3) is 5.91 Å². The van der Waals surface area contributed by atoms with Gasteiger partial charge >= 0.3 is 0 Å². The van der Waals surface area contributed by atoms with Crippen LogP contribution in [0, 0.1) is 6.92 Å². The summed E-state index contributed by atoms with van der Waals surface area (Å²) < 4.78 is 7.60. The fourth-order valence-electron chi connectivity index (χ4n) is 2.87. The minimum atomic E-state index is 0.0318. The largest absolute Gasteiger partial charge is 0.489 e. The minimum absolute atomic E-state index is 0.0318. The summed E-state index contributed by atoms with van der Waals surface area (Å²) >= 11 is 6.12. The van der Waals surface area contributed by atoms with Crippen molar-refractivity contribution in [1.82, 2.24) is 14.7 Å². The smallest absolute Gasteiger partial charge is 0.272 e. The molecule has 1 aromatic carbocycles. The van der Waals surface area contributed by atoms with E-state index in [0.29, 0.717) is 29.6 Å². The molecule has 6 heteroatoms. The molecule has 2 aromatic rings. The van der Waals surface area contributed by atoms with Gasteiger partial charge in [-0.15, -0.1) is 0 Å². The number of benzene rings is 1. The highest BCUT2D eigenvalue weighted by Crippen LogP contribution is 2.27. The quantitative estimate of drug-likeness (QED) is 0.867. The van der Waals surface area contributed by atoms with Gasteiger partial charge in [0.2, 0.25) is 0 Å². The molecular weight excluding hydrogens is 314 g/mol. The van der Waals surface area contributed by atoms with Crippen LogP contribution in [0.2, 0.25) is 5.02 Å². The first-order chi connectivity index (χ1) is 11.0. The Morgan fingerprint density at radius 3 is 2.61 bits per heavy atom. The maximum absolute atomic E-state index is 12.6. The van der Waals surface area contributed by atoms with Crippen LogP contribution in [0.5, 0.6) is 5.75 Å². The fraction of sp³-hybridized carbons (Fsp3) is 0.412. The van der Waals surface area contributed by atoms with Gasteiger partial charge in [-0.1, -0.05) is 23.7 Å². The average molecular weight is 334 g/mol. The van der Waals surface area contributed by atoms with Gasteiger partial charge in [-0.2, -0.15) is 5.10 Å². The lowest BCUT2D eigenvalue weighted by Crippen LogP contribution is -2.42. The molecule has 2 heterocycles. The van der Waals surface area contributed by atoms with Crippen LogP contribution in [0.1, 0.15) is 29.0 Å². The minimum Gasteiger partial charge on any atom is -0.489 e. The summed E-state index contributed by atoms with van der Waals surface area (Å²) in [6, 6.07) is 9.31. The van der Waals surface area contributed by atoms with E-state index >= 15 is 0 Å². The van der Waals surface area contributed by atoms with Gasteiger partial charge in [-0.3, -0.25) is 9.48 Å². The third-order valence-corrected chi connectivity index (χ3v) is 4.39. The molecule has 5 nitrogen and oxygen atoms in total. The molecule has 0 aliphatic carbocycles. The number of aryl methyl sites for hydroxylation is 2. The molecule has 1 aliphatic rings. The molecule has 0 radical (unpaired) electrons. The Hall–Kier alpha value is -2.01. The molecule has 0 N–H and O–H groups in total. The maximum atomic E-state index is 12.6. The van der Waals surface area contributed by atoms with Crippen LogP contribution < -0.4 is 4.74 Å². The zero-order valence-electron chi connectivity index (χ0n) is 13.3. The number of carbonyl (C=O) groups is 1. The zero-order chi connectivity index (χ0) is 16.4. The summed E-state index contributed by atoms with van der Waals surface area (Å²) in [6.45, 7) is 3.25. The summed E-state index contributed by atoms with van der Waals surface area (Å²) in [5, 5.41) is 4.86. The van der Waals surface area contributed by atoms with E-state index in [4.69, 9.17) is 16.3 Å². The van der Waals surface area contributed by atoms with Crippen LogP contribution >= 0.6 is 11.6 Å². The zero-order valence-corrected chi connectivity index (χ0v) is 14.1. The van der Waals surface area contributed by atoms with Crippen LogP contribution in [0.25, 0.3) is 0 Å². The highest BCUT2D eigenvalue weighted by Gasteiger charge is 2.26. The first-order valence-electron chi connectivity index (χ1n) is 7.75. The molecule has 0 bridgehead atoms. The highest BCUT2D eigenvalue weighted by molar-refractivity contribution is 6.32. The highest BCUT2D eigenvalue weighted by atomic mass is 35.5. The number of carbonyl (C=O) groups excluding carboxylic acids is 1. The molecule has 1 saturated heterocycles. The van der Waals surface area contributed by atoms with Gasteiger partial charge in [-0.05, 0) is 25.1 Å². The molecule has 23 heavy (non-hydrogen) atoms. The Balaban J connectivity index is 1.59. The van der Waals surface area contributed by atoms with E-state index in [2.05, 4.69) is 5.10 Å². The molecule has 1 amide bonds. The number of aromatic nitrogens is 2. The molecule has 0 saturated carbocycles. The second kappa shape index (κ2) is 6.62. The van der Waals surface area contributed by atoms with Gasteiger partial charge in [0.15, 0.2) is 0 Å².